The van der Waals surface area contributed by atoms with E-state index in [1.165, 1.54) is 11.9 Å². The van der Waals surface area contributed by atoms with E-state index in [1.807, 2.05) is 12.1 Å². The third-order valence-corrected chi connectivity index (χ3v) is 5.92. The monoisotopic (exact) mass is 524 g/mol. The summed E-state index contributed by atoms with van der Waals surface area (Å²) >= 11 is 0. The molecule has 12 nitrogen and oxygen atoms in total. The van der Waals surface area contributed by atoms with Crippen LogP contribution in [-0.4, -0.2) is 78.2 Å². The topological polar surface area (TPSA) is 173 Å². The average molecular weight is 525 g/mol. The maximum Gasteiger partial charge on any atom is 0.255 e. The SMILES string of the molecule is CN1CCOc2ccccc2C(=O)N[C@H](C(=O)NCCc2ccccn2)CCC(=O)N[C@@H](CC(N)=O)C1=O. The fourth-order valence-electron chi connectivity index (χ4n) is 3.88. The van der Waals surface area contributed by atoms with E-state index in [-0.39, 0.29) is 50.3 Å². The molecule has 0 saturated heterocycles. The number of likely N-dealkylation sites (N-methyl/N-ethyl adjacent to an activating group) is 1. The number of fused-ring (bicyclic) bond motifs is 1. The first-order valence-corrected chi connectivity index (χ1v) is 12.3. The van der Waals surface area contributed by atoms with Gasteiger partial charge in [-0.1, -0.05) is 18.2 Å². The van der Waals surface area contributed by atoms with Crippen LogP contribution in [0.2, 0.25) is 0 Å². The lowest BCUT2D eigenvalue weighted by Crippen LogP contribution is -2.50. The van der Waals surface area contributed by atoms with Crippen molar-refractivity contribution >= 4 is 29.5 Å². The zero-order valence-electron chi connectivity index (χ0n) is 21.1. The van der Waals surface area contributed by atoms with Gasteiger partial charge in [-0.3, -0.25) is 29.0 Å². The Morgan fingerprint density at radius 1 is 1.13 bits per heavy atom. The number of aromatic nitrogens is 1. The molecule has 2 aromatic rings. The largest absolute Gasteiger partial charge is 0.491 e. The number of carbonyl (C=O) groups is 5. The van der Waals surface area contributed by atoms with Gasteiger partial charge in [0.2, 0.25) is 23.6 Å². The van der Waals surface area contributed by atoms with E-state index < -0.39 is 41.6 Å². The molecule has 0 saturated carbocycles. The highest BCUT2D eigenvalue weighted by atomic mass is 16.5. The van der Waals surface area contributed by atoms with Crippen molar-refractivity contribution in [3.8, 4) is 5.75 Å². The standard InChI is InChI=1S/C26H32N6O6/c1-32-14-15-38-21-8-3-2-7-18(21)24(35)31-19(25(36)29-13-11-17-6-4-5-12-28-17)9-10-23(34)30-20(26(32)37)16-22(27)33/h2-8,12,19-20H,9-11,13-16H2,1H3,(H2,27,33)(H,29,36)(H,30,34)(H,31,35)/t19-,20-/m0/s1. The Bertz CT molecular complexity index is 1160. The van der Waals surface area contributed by atoms with E-state index in [2.05, 4.69) is 20.9 Å². The van der Waals surface area contributed by atoms with Crippen molar-refractivity contribution in [2.75, 3.05) is 26.7 Å². The first-order valence-electron chi connectivity index (χ1n) is 12.3. The highest BCUT2D eigenvalue weighted by molar-refractivity contribution is 6.00. The molecule has 2 atom stereocenters. The van der Waals surface area contributed by atoms with E-state index in [0.29, 0.717) is 6.42 Å². The molecule has 3 rings (SSSR count). The zero-order valence-corrected chi connectivity index (χ0v) is 21.1. The lowest BCUT2D eigenvalue weighted by atomic mass is 10.1. The minimum atomic E-state index is -1.16. The summed E-state index contributed by atoms with van der Waals surface area (Å²) in [6.45, 7) is 0.443. The molecule has 1 aliphatic rings. The second-order valence-corrected chi connectivity index (χ2v) is 8.82. The van der Waals surface area contributed by atoms with Crippen molar-refractivity contribution in [2.45, 2.75) is 37.8 Å². The minimum absolute atomic E-state index is 0.0429. The van der Waals surface area contributed by atoms with Gasteiger partial charge >= 0.3 is 0 Å². The summed E-state index contributed by atoms with van der Waals surface area (Å²) in [5.41, 5.74) is 6.29. The average Bonchev–Trinajstić information content (AvgIpc) is 2.90. The van der Waals surface area contributed by atoms with E-state index in [0.717, 1.165) is 5.69 Å². The van der Waals surface area contributed by atoms with Crippen LogP contribution < -0.4 is 26.4 Å². The lowest BCUT2D eigenvalue weighted by Gasteiger charge is -2.24. The zero-order chi connectivity index (χ0) is 27.5. The molecule has 1 aliphatic heterocycles. The Morgan fingerprint density at radius 2 is 1.89 bits per heavy atom. The molecule has 0 radical (unpaired) electrons. The van der Waals surface area contributed by atoms with Crippen molar-refractivity contribution in [1.82, 2.24) is 25.8 Å². The molecular weight excluding hydrogens is 492 g/mol. The molecule has 0 aliphatic carbocycles. The lowest BCUT2D eigenvalue weighted by molar-refractivity contribution is -0.137. The van der Waals surface area contributed by atoms with E-state index in [4.69, 9.17) is 10.5 Å². The number of nitrogens with zero attached hydrogens (tertiary/aromatic N) is 2. The van der Waals surface area contributed by atoms with E-state index in [1.54, 1.807) is 36.5 Å². The molecule has 202 valence electrons. The first kappa shape index (κ1) is 28.1. The van der Waals surface area contributed by atoms with Crippen molar-refractivity contribution in [2.24, 2.45) is 5.73 Å². The van der Waals surface area contributed by atoms with Gasteiger partial charge in [-0.05, 0) is 30.7 Å². The Labute approximate surface area is 220 Å². The number of hydrogen-bond acceptors (Lipinski definition) is 7. The molecule has 0 unspecified atom stereocenters. The number of nitrogens with two attached hydrogens (primary N) is 1. The summed E-state index contributed by atoms with van der Waals surface area (Å²) < 4.78 is 5.76. The Hall–Kier alpha value is -4.48. The first-order chi connectivity index (χ1) is 18.2. The third kappa shape index (κ3) is 8.29. The number of pyridine rings is 1. The van der Waals surface area contributed by atoms with Crippen LogP contribution in [0.1, 0.15) is 35.3 Å². The molecule has 1 aromatic carbocycles. The molecule has 0 fully saturated rings. The summed E-state index contributed by atoms with van der Waals surface area (Å²) in [6, 6.07) is 9.78. The fourth-order valence-corrected chi connectivity index (χ4v) is 3.88. The highest BCUT2D eigenvalue weighted by Crippen LogP contribution is 2.18. The number of nitrogens with one attached hydrogen (secondary N) is 3. The minimum Gasteiger partial charge on any atom is -0.491 e. The van der Waals surface area contributed by atoms with Crippen LogP contribution in [0.3, 0.4) is 0 Å². The van der Waals surface area contributed by atoms with Gasteiger partial charge in [0.15, 0.2) is 0 Å². The quantitative estimate of drug-likeness (QED) is 0.395. The Morgan fingerprint density at radius 3 is 2.63 bits per heavy atom. The van der Waals surface area contributed by atoms with E-state index >= 15 is 0 Å². The summed E-state index contributed by atoms with van der Waals surface area (Å²) in [5, 5.41) is 7.99. The number of benzene rings is 1. The maximum atomic E-state index is 13.1. The smallest absolute Gasteiger partial charge is 0.255 e. The maximum absolute atomic E-state index is 13.1. The summed E-state index contributed by atoms with van der Waals surface area (Å²) in [6.07, 6.45) is 1.51. The highest BCUT2D eigenvalue weighted by Gasteiger charge is 2.28. The second kappa shape index (κ2) is 13.7. The van der Waals surface area contributed by atoms with Crippen LogP contribution in [0.4, 0.5) is 0 Å². The Balaban J connectivity index is 1.80. The molecule has 38 heavy (non-hydrogen) atoms. The molecule has 0 spiro atoms. The van der Waals surface area contributed by atoms with Crippen LogP contribution in [0.15, 0.2) is 48.7 Å². The Kier molecular flexibility index (Phi) is 10.1. The van der Waals surface area contributed by atoms with Gasteiger partial charge in [0, 0.05) is 38.3 Å². The van der Waals surface area contributed by atoms with Crippen LogP contribution >= 0.6 is 0 Å². The number of para-hydroxylation sites is 1. The molecule has 5 amide bonds. The number of primary amides is 1. The molecule has 1 aromatic heterocycles. The van der Waals surface area contributed by atoms with Crippen molar-refractivity contribution < 1.29 is 28.7 Å². The molecule has 12 heteroatoms. The number of carbonyl (C=O) groups excluding carboxylic acids is 5. The van der Waals surface area contributed by atoms with Crippen LogP contribution in [0.25, 0.3) is 0 Å². The number of hydrogen-bond donors (Lipinski definition) is 4. The predicted molar refractivity (Wildman–Crippen MR) is 137 cm³/mol. The summed E-state index contributed by atoms with van der Waals surface area (Å²) in [4.78, 5) is 68.8. The number of rotatable bonds is 6. The van der Waals surface area contributed by atoms with Crippen LogP contribution in [-0.2, 0) is 25.6 Å². The van der Waals surface area contributed by atoms with Crippen LogP contribution in [0.5, 0.6) is 5.75 Å². The van der Waals surface area contributed by atoms with Crippen molar-refractivity contribution in [3.05, 3.63) is 59.9 Å². The van der Waals surface area contributed by atoms with Gasteiger partial charge in [-0.15, -0.1) is 0 Å². The van der Waals surface area contributed by atoms with E-state index in [9.17, 15) is 24.0 Å². The van der Waals surface area contributed by atoms with Gasteiger partial charge in [-0.25, -0.2) is 0 Å². The van der Waals surface area contributed by atoms with Gasteiger partial charge in [0.05, 0.1) is 18.5 Å². The normalized spacial score (nSPS) is 19.1. The molecule has 2 heterocycles. The van der Waals surface area contributed by atoms with Gasteiger partial charge in [-0.2, -0.15) is 0 Å². The number of amides is 5. The summed E-state index contributed by atoms with van der Waals surface area (Å²) in [5.74, 6) is -2.58. The number of ether oxygens (including phenoxy) is 1. The van der Waals surface area contributed by atoms with Gasteiger partial charge in [0.25, 0.3) is 5.91 Å². The second-order valence-electron chi connectivity index (χ2n) is 8.82. The van der Waals surface area contributed by atoms with Gasteiger partial charge < -0.3 is 31.3 Å². The van der Waals surface area contributed by atoms with Crippen molar-refractivity contribution in [3.63, 3.8) is 0 Å². The fraction of sp³-hybridized carbons (Fsp3) is 0.385. The third-order valence-electron chi connectivity index (χ3n) is 5.92. The summed E-state index contributed by atoms with van der Waals surface area (Å²) in [7, 11) is 1.51. The predicted octanol–water partition coefficient (Wildman–Crippen LogP) is -0.470. The van der Waals surface area contributed by atoms with Crippen molar-refractivity contribution in [1.29, 1.82) is 0 Å². The molecule has 0 bridgehead atoms. The van der Waals surface area contributed by atoms with Gasteiger partial charge in [0.1, 0.15) is 24.4 Å². The molecule has 5 N–H and O–H groups in total. The van der Waals surface area contributed by atoms with Crippen LogP contribution in [0, 0.1) is 0 Å². The molecular formula is C26H32N6O6.